The van der Waals surface area contributed by atoms with Gasteiger partial charge in [0.15, 0.2) is 0 Å². The summed E-state index contributed by atoms with van der Waals surface area (Å²) in [6, 6.07) is 14.2. The maximum Gasteiger partial charge on any atom is 0.335 e. The smallest absolute Gasteiger partial charge is 0.335 e. The molecule has 0 saturated carbocycles. The maximum atomic E-state index is 12.5. The Morgan fingerprint density at radius 3 is 2.62 bits per heavy atom. The molecule has 24 heavy (non-hydrogen) atoms. The third-order valence-electron chi connectivity index (χ3n) is 3.13. The Morgan fingerprint density at radius 2 is 1.92 bits per heavy atom. The Balaban J connectivity index is 1.88. The molecule has 2 N–H and O–H groups in total. The molecule has 122 valence electrons. The van der Waals surface area contributed by atoms with Crippen LogP contribution in [0.25, 0.3) is 10.6 Å². The number of pyridine rings is 1. The molecule has 0 aliphatic carbocycles. The predicted molar refractivity (Wildman–Crippen MR) is 91.8 cm³/mol. The molecule has 0 aliphatic heterocycles. The first-order valence-electron chi connectivity index (χ1n) is 6.83. The van der Waals surface area contributed by atoms with Gasteiger partial charge >= 0.3 is 5.97 Å². The zero-order chi connectivity index (χ0) is 17.2. The minimum absolute atomic E-state index is 0.00977. The zero-order valence-corrected chi connectivity index (χ0v) is 13.8. The van der Waals surface area contributed by atoms with Crippen LogP contribution in [0.15, 0.2) is 65.0 Å². The molecule has 2 heterocycles. The van der Waals surface area contributed by atoms with Crippen LogP contribution in [-0.2, 0) is 10.0 Å². The van der Waals surface area contributed by atoms with E-state index in [4.69, 9.17) is 5.11 Å². The first-order valence-corrected chi connectivity index (χ1v) is 9.13. The summed E-state index contributed by atoms with van der Waals surface area (Å²) in [4.78, 5) is 15.9. The highest BCUT2D eigenvalue weighted by molar-refractivity contribution is 7.94. The lowest BCUT2D eigenvalue weighted by atomic mass is 10.2. The molecule has 0 fully saturated rings. The van der Waals surface area contributed by atoms with Crippen molar-refractivity contribution in [1.82, 2.24) is 4.98 Å². The molecule has 8 heteroatoms. The van der Waals surface area contributed by atoms with Gasteiger partial charge in [-0.2, -0.15) is 0 Å². The van der Waals surface area contributed by atoms with Gasteiger partial charge in [-0.3, -0.25) is 9.71 Å². The lowest BCUT2D eigenvalue weighted by Gasteiger charge is -2.06. The molecule has 2 aromatic heterocycles. The first-order chi connectivity index (χ1) is 11.5. The number of rotatable bonds is 5. The van der Waals surface area contributed by atoms with E-state index in [0.717, 1.165) is 16.2 Å². The fourth-order valence-electron chi connectivity index (χ4n) is 2.03. The van der Waals surface area contributed by atoms with Gasteiger partial charge in [-0.25, -0.2) is 13.2 Å². The summed E-state index contributed by atoms with van der Waals surface area (Å²) in [5, 5.41) is 8.97. The van der Waals surface area contributed by atoms with Crippen molar-refractivity contribution in [2.24, 2.45) is 0 Å². The fourth-order valence-corrected chi connectivity index (χ4v) is 4.36. The van der Waals surface area contributed by atoms with Crippen molar-refractivity contribution in [2.45, 2.75) is 4.21 Å². The van der Waals surface area contributed by atoms with E-state index >= 15 is 0 Å². The minimum Gasteiger partial charge on any atom is -0.478 e. The van der Waals surface area contributed by atoms with E-state index in [-0.39, 0.29) is 15.5 Å². The molecule has 1 aromatic carbocycles. The van der Waals surface area contributed by atoms with Gasteiger partial charge in [-0.05, 0) is 42.5 Å². The summed E-state index contributed by atoms with van der Waals surface area (Å²) in [6.45, 7) is 0. The van der Waals surface area contributed by atoms with Crippen molar-refractivity contribution in [3.8, 4) is 10.6 Å². The van der Waals surface area contributed by atoms with E-state index in [0.29, 0.717) is 5.69 Å². The Hall–Kier alpha value is -2.71. The second-order valence-electron chi connectivity index (χ2n) is 4.83. The van der Waals surface area contributed by atoms with Crippen molar-refractivity contribution in [3.63, 3.8) is 0 Å². The fraction of sp³-hybridized carbons (Fsp3) is 0. The number of anilines is 1. The zero-order valence-electron chi connectivity index (χ0n) is 12.2. The lowest BCUT2D eigenvalue weighted by molar-refractivity contribution is 0.0697. The lowest BCUT2D eigenvalue weighted by Crippen LogP contribution is -2.12. The normalized spacial score (nSPS) is 11.2. The van der Waals surface area contributed by atoms with Gasteiger partial charge in [0.05, 0.1) is 16.1 Å². The van der Waals surface area contributed by atoms with Gasteiger partial charge in [0.1, 0.15) is 4.21 Å². The number of benzene rings is 1. The second kappa shape index (κ2) is 6.42. The highest BCUT2D eigenvalue weighted by Crippen LogP contribution is 2.30. The molecule has 3 rings (SSSR count). The average Bonchev–Trinajstić information content (AvgIpc) is 3.06. The second-order valence-corrected chi connectivity index (χ2v) is 7.82. The van der Waals surface area contributed by atoms with E-state index in [1.807, 2.05) is 6.07 Å². The predicted octanol–water partition coefficient (Wildman–Crippen LogP) is 3.31. The molecule has 0 radical (unpaired) electrons. The van der Waals surface area contributed by atoms with Gasteiger partial charge in [-0.15, -0.1) is 11.3 Å². The van der Waals surface area contributed by atoms with Gasteiger partial charge in [0.2, 0.25) is 0 Å². The molecule has 0 saturated heterocycles. The van der Waals surface area contributed by atoms with Crippen LogP contribution in [0, 0.1) is 0 Å². The summed E-state index contributed by atoms with van der Waals surface area (Å²) in [5.74, 6) is -1.12. The first kappa shape index (κ1) is 16.2. The summed E-state index contributed by atoms with van der Waals surface area (Å²) < 4.78 is 27.4. The third-order valence-corrected chi connectivity index (χ3v) is 6.11. The monoisotopic (exact) mass is 360 g/mol. The summed E-state index contributed by atoms with van der Waals surface area (Å²) in [7, 11) is -3.80. The maximum absolute atomic E-state index is 12.5. The van der Waals surface area contributed by atoms with E-state index in [1.165, 1.54) is 30.3 Å². The third kappa shape index (κ3) is 3.44. The molecule has 0 bridgehead atoms. The topological polar surface area (TPSA) is 96.4 Å². The number of carboxylic acids is 1. The van der Waals surface area contributed by atoms with Gasteiger partial charge in [0.25, 0.3) is 10.0 Å². The van der Waals surface area contributed by atoms with Crippen LogP contribution in [0.2, 0.25) is 0 Å². The van der Waals surface area contributed by atoms with Crippen LogP contribution < -0.4 is 4.72 Å². The Kier molecular flexibility index (Phi) is 4.32. The van der Waals surface area contributed by atoms with Crippen molar-refractivity contribution >= 4 is 33.0 Å². The van der Waals surface area contributed by atoms with Crippen LogP contribution in [0.4, 0.5) is 5.69 Å². The molecule has 0 unspecified atom stereocenters. The van der Waals surface area contributed by atoms with Crippen LogP contribution in [0.5, 0.6) is 0 Å². The largest absolute Gasteiger partial charge is 0.478 e. The number of nitrogens with zero attached hydrogens (tertiary/aromatic N) is 1. The quantitative estimate of drug-likeness (QED) is 0.728. The van der Waals surface area contributed by atoms with Gasteiger partial charge in [0, 0.05) is 11.9 Å². The van der Waals surface area contributed by atoms with Gasteiger partial charge in [-0.1, -0.05) is 12.1 Å². The summed E-state index contributed by atoms with van der Waals surface area (Å²) >= 11 is 1.09. The highest BCUT2D eigenvalue weighted by atomic mass is 32.2. The number of carbonyl (C=O) groups is 1. The Morgan fingerprint density at radius 1 is 1.08 bits per heavy atom. The standard InChI is InChI=1S/C16H12N2O4S2/c19-16(20)11-4-3-5-12(10-11)18-24(21,22)15-8-7-14(23-15)13-6-1-2-9-17-13/h1-10,18H,(H,19,20). The Bertz CT molecular complexity index is 982. The molecular weight excluding hydrogens is 348 g/mol. The van der Waals surface area contributed by atoms with Crippen molar-refractivity contribution in [1.29, 1.82) is 0 Å². The molecule has 3 aromatic rings. The SMILES string of the molecule is O=C(O)c1cccc(NS(=O)(=O)c2ccc(-c3ccccn3)s2)c1. The number of aromatic carboxylic acids is 1. The van der Waals surface area contributed by atoms with E-state index in [2.05, 4.69) is 9.71 Å². The van der Waals surface area contributed by atoms with Crippen molar-refractivity contribution in [2.75, 3.05) is 4.72 Å². The van der Waals surface area contributed by atoms with Crippen LogP contribution in [0.1, 0.15) is 10.4 Å². The Labute approximate surface area is 142 Å². The van der Waals surface area contributed by atoms with Crippen LogP contribution in [0.3, 0.4) is 0 Å². The number of hydrogen-bond acceptors (Lipinski definition) is 5. The number of sulfonamides is 1. The van der Waals surface area contributed by atoms with E-state index in [9.17, 15) is 13.2 Å². The summed E-state index contributed by atoms with van der Waals surface area (Å²) in [5.41, 5.74) is 0.898. The highest BCUT2D eigenvalue weighted by Gasteiger charge is 2.18. The molecule has 0 aliphatic rings. The molecule has 0 spiro atoms. The number of nitrogens with one attached hydrogen (secondary N) is 1. The van der Waals surface area contributed by atoms with Gasteiger partial charge < -0.3 is 5.11 Å². The molecule has 0 atom stereocenters. The van der Waals surface area contributed by atoms with Crippen molar-refractivity contribution in [3.05, 3.63) is 66.4 Å². The molecule has 6 nitrogen and oxygen atoms in total. The average molecular weight is 360 g/mol. The van der Waals surface area contributed by atoms with Crippen LogP contribution >= 0.6 is 11.3 Å². The molecule has 0 amide bonds. The number of hydrogen-bond donors (Lipinski definition) is 2. The van der Waals surface area contributed by atoms with Crippen LogP contribution in [-0.4, -0.2) is 24.5 Å². The number of carboxylic acid groups (broad SMARTS) is 1. The summed E-state index contributed by atoms with van der Waals surface area (Å²) in [6.07, 6.45) is 1.64. The van der Waals surface area contributed by atoms with Crippen molar-refractivity contribution < 1.29 is 18.3 Å². The van der Waals surface area contributed by atoms with E-state index < -0.39 is 16.0 Å². The minimum atomic E-state index is -3.80. The molecular formula is C16H12N2O4S2. The number of thiophene rings is 1. The van der Waals surface area contributed by atoms with E-state index in [1.54, 1.807) is 24.4 Å². The number of aromatic nitrogens is 1.